The molecule has 0 aliphatic carbocycles. The molecule has 1 atom stereocenters. The summed E-state index contributed by atoms with van der Waals surface area (Å²) in [6.45, 7) is 3.48. The molecule has 4 heteroatoms. The fourth-order valence-corrected chi connectivity index (χ4v) is 1.91. The van der Waals surface area contributed by atoms with Crippen LogP contribution in [0.25, 0.3) is 0 Å². The Balaban J connectivity index is 2.83. The monoisotopic (exact) mass is 253 g/mol. The van der Waals surface area contributed by atoms with Crippen molar-refractivity contribution in [2.24, 2.45) is 0 Å². The van der Waals surface area contributed by atoms with Crippen molar-refractivity contribution in [1.82, 2.24) is 5.32 Å². The molecule has 1 aromatic rings. The molecule has 0 aliphatic heterocycles. The Labute approximate surface area is 109 Å². The van der Waals surface area contributed by atoms with E-state index in [-0.39, 0.29) is 6.04 Å². The van der Waals surface area contributed by atoms with Crippen LogP contribution in [0.5, 0.6) is 11.5 Å². The third-order valence-corrected chi connectivity index (χ3v) is 2.92. The highest BCUT2D eigenvalue weighted by molar-refractivity contribution is 5.42. The van der Waals surface area contributed by atoms with Crippen molar-refractivity contribution in [2.75, 3.05) is 34.5 Å². The number of rotatable bonds is 8. The fraction of sp³-hybridized carbons (Fsp3) is 0.571. The molecule has 1 aromatic carbocycles. The summed E-state index contributed by atoms with van der Waals surface area (Å²) in [6.07, 6.45) is 0.910. The van der Waals surface area contributed by atoms with Gasteiger partial charge < -0.3 is 19.5 Å². The molecule has 4 nitrogen and oxygen atoms in total. The van der Waals surface area contributed by atoms with Gasteiger partial charge in [0.15, 0.2) is 0 Å². The summed E-state index contributed by atoms with van der Waals surface area (Å²) in [5.41, 5.74) is 1.13. The number of hydrogen-bond acceptors (Lipinski definition) is 4. The highest BCUT2D eigenvalue weighted by Gasteiger charge is 2.15. The van der Waals surface area contributed by atoms with Gasteiger partial charge in [-0.05, 0) is 26.5 Å². The molecule has 0 aliphatic rings. The maximum absolute atomic E-state index is 5.42. The first kappa shape index (κ1) is 14.8. The molecule has 102 valence electrons. The van der Waals surface area contributed by atoms with Gasteiger partial charge in [0.25, 0.3) is 0 Å². The van der Waals surface area contributed by atoms with Gasteiger partial charge in [-0.3, -0.25) is 0 Å². The van der Waals surface area contributed by atoms with E-state index in [2.05, 4.69) is 5.32 Å². The molecule has 1 unspecified atom stereocenters. The van der Waals surface area contributed by atoms with Crippen molar-refractivity contribution in [2.45, 2.75) is 19.4 Å². The number of nitrogens with one attached hydrogen (secondary N) is 1. The van der Waals surface area contributed by atoms with Crippen LogP contribution in [-0.2, 0) is 4.74 Å². The second-order valence-corrected chi connectivity index (χ2v) is 3.93. The summed E-state index contributed by atoms with van der Waals surface area (Å²) < 4.78 is 16.0. The fourth-order valence-electron chi connectivity index (χ4n) is 1.91. The topological polar surface area (TPSA) is 39.7 Å². The molecule has 0 heterocycles. The summed E-state index contributed by atoms with van der Waals surface area (Å²) in [6, 6.07) is 6.10. The van der Waals surface area contributed by atoms with Crippen molar-refractivity contribution < 1.29 is 14.2 Å². The zero-order valence-corrected chi connectivity index (χ0v) is 11.7. The molecule has 0 bridgehead atoms. The first-order chi connectivity index (χ1) is 8.76. The Morgan fingerprint density at radius 3 is 2.56 bits per heavy atom. The maximum Gasteiger partial charge on any atom is 0.127 e. The van der Waals surface area contributed by atoms with E-state index in [1.807, 2.05) is 32.2 Å². The minimum Gasteiger partial charge on any atom is -0.497 e. The highest BCUT2D eigenvalue weighted by atomic mass is 16.5. The molecular weight excluding hydrogens is 230 g/mol. The van der Waals surface area contributed by atoms with E-state index in [4.69, 9.17) is 14.2 Å². The third kappa shape index (κ3) is 3.89. The second kappa shape index (κ2) is 7.95. The van der Waals surface area contributed by atoms with Crippen molar-refractivity contribution >= 4 is 0 Å². The lowest BCUT2D eigenvalue weighted by atomic mass is 10.0. The summed E-state index contributed by atoms with van der Waals surface area (Å²) >= 11 is 0. The van der Waals surface area contributed by atoms with E-state index in [0.717, 1.165) is 36.7 Å². The predicted molar refractivity (Wildman–Crippen MR) is 72.5 cm³/mol. The molecule has 1 rings (SSSR count). The first-order valence-corrected chi connectivity index (χ1v) is 6.23. The van der Waals surface area contributed by atoms with E-state index in [0.29, 0.717) is 0 Å². The van der Waals surface area contributed by atoms with Crippen LogP contribution in [0.2, 0.25) is 0 Å². The predicted octanol–water partition coefficient (Wildman–Crippen LogP) is 2.39. The van der Waals surface area contributed by atoms with E-state index >= 15 is 0 Å². The number of benzene rings is 1. The van der Waals surface area contributed by atoms with Crippen LogP contribution >= 0.6 is 0 Å². The lowest BCUT2D eigenvalue weighted by molar-refractivity contribution is 0.137. The van der Waals surface area contributed by atoms with Gasteiger partial charge in [-0.1, -0.05) is 6.07 Å². The normalized spacial score (nSPS) is 12.2. The van der Waals surface area contributed by atoms with Crippen LogP contribution < -0.4 is 14.8 Å². The Morgan fingerprint density at radius 1 is 1.22 bits per heavy atom. The molecule has 0 saturated carbocycles. The largest absolute Gasteiger partial charge is 0.497 e. The Kier molecular flexibility index (Phi) is 6.54. The van der Waals surface area contributed by atoms with Gasteiger partial charge in [0.05, 0.1) is 14.2 Å². The van der Waals surface area contributed by atoms with Gasteiger partial charge in [-0.2, -0.15) is 0 Å². The minimum atomic E-state index is 0.220. The zero-order valence-electron chi connectivity index (χ0n) is 11.7. The minimum absolute atomic E-state index is 0.220. The van der Waals surface area contributed by atoms with Crippen LogP contribution in [0.15, 0.2) is 18.2 Å². The van der Waals surface area contributed by atoms with Crippen molar-refractivity contribution in [3.05, 3.63) is 23.8 Å². The van der Waals surface area contributed by atoms with Crippen molar-refractivity contribution in [3.8, 4) is 11.5 Å². The van der Waals surface area contributed by atoms with Crippen LogP contribution in [0.3, 0.4) is 0 Å². The molecule has 0 amide bonds. The van der Waals surface area contributed by atoms with Crippen molar-refractivity contribution in [1.29, 1.82) is 0 Å². The van der Waals surface area contributed by atoms with Crippen LogP contribution in [0, 0.1) is 0 Å². The van der Waals surface area contributed by atoms with E-state index in [1.54, 1.807) is 14.2 Å². The number of ether oxygens (including phenoxy) is 3. The molecule has 0 fully saturated rings. The Hall–Kier alpha value is -1.26. The Morgan fingerprint density at radius 2 is 2.00 bits per heavy atom. The SMILES string of the molecule is CCOCCC(NC)c1ccc(OC)cc1OC. The zero-order chi connectivity index (χ0) is 13.4. The highest BCUT2D eigenvalue weighted by Crippen LogP contribution is 2.30. The summed E-state index contributed by atoms with van der Waals surface area (Å²) in [5, 5.41) is 3.29. The molecular formula is C14H23NO3. The molecule has 0 saturated heterocycles. The molecule has 0 spiro atoms. The van der Waals surface area contributed by atoms with Crippen LogP contribution in [-0.4, -0.2) is 34.5 Å². The van der Waals surface area contributed by atoms with E-state index < -0.39 is 0 Å². The summed E-state index contributed by atoms with van der Waals surface area (Å²) in [4.78, 5) is 0. The summed E-state index contributed by atoms with van der Waals surface area (Å²) in [7, 11) is 5.27. The molecule has 18 heavy (non-hydrogen) atoms. The quantitative estimate of drug-likeness (QED) is 0.722. The average Bonchev–Trinajstić information content (AvgIpc) is 2.43. The molecule has 1 N–H and O–H groups in total. The number of methoxy groups -OCH3 is 2. The number of hydrogen-bond donors (Lipinski definition) is 1. The first-order valence-electron chi connectivity index (χ1n) is 6.23. The van der Waals surface area contributed by atoms with Crippen molar-refractivity contribution in [3.63, 3.8) is 0 Å². The third-order valence-electron chi connectivity index (χ3n) is 2.92. The van der Waals surface area contributed by atoms with Gasteiger partial charge in [-0.25, -0.2) is 0 Å². The average molecular weight is 253 g/mol. The van der Waals surface area contributed by atoms with Gasteiger partial charge in [0.1, 0.15) is 11.5 Å². The second-order valence-electron chi connectivity index (χ2n) is 3.93. The van der Waals surface area contributed by atoms with E-state index in [1.165, 1.54) is 0 Å². The molecule has 0 radical (unpaired) electrons. The lowest BCUT2D eigenvalue weighted by Gasteiger charge is -2.19. The van der Waals surface area contributed by atoms with Gasteiger partial charge in [0, 0.05) is 30.9 Å². The van der Waals surface area contributed by atoms with Crippen LogP contribution in [0.1, 0.15) is 24.9 Å². The summed E-state index contributed by atoms with van der Waals surface area (Å²) in [5.74, 6) is 1.64. The lowest BCUT2D eigenvalue weighted by Crippen LogP contribution is -2.19. The van der Waals surface area contributed by atoms with E-state index in [9.17, 15) is 0 Å². The standard InChI is InChI=1S/C14H23NO3/c1-5-18-9-8-13(15-2)12-7-6-11(16-3)10-14(12)17-4/h6-7,10,13,15H,5,8-9H2,1-4H3. The van der Waals surface area contributed by atoms with Gasteiger partial charge >= 0.3 is 0 Å². The van der Waals surface area contributed by atoms with Crippen LogP contribution in [0.4, 0.5) is 0 Å². The smallest absolute Gasteiger partial charge is 0.127 e. The molecule has 0 aromatic heterocycles. The van der Waals surface area contributed by atoms with Gasteiger partial charge in [-0.15, -0.1) is 0 Å². The Bertz CT molecular complexity index is 355. The maximum atomic E-state index is 5.42. The van der Waals surface area contributed by atoms with Gasteiger partial charge in [0.2, 0.25) is 0 Å².